The molecule has 0 radical (unpaired) electrons. The fraction of sp³-hybridized carbons (Fsp3) is 0.0625. The molecule has 0 atom stereocenters. The summed E-state index contributed by atoms with van der Waals surface area (Å²) >= 11 is 6.25. The Hall–Kier alpha value is -3.66. The van der Waals surface area contributed by atoms with E-state index in [9.17, 15) is 14.9 Å². The third-order valence-corrected chi connectivity index (χ3v) is 4.02. The van der Waals surface area contributed by atoms with Gasteiger partial charge in [-0.2, -0.15) is 0 Å². The monoisotopic (exact) mass is 388 g/mol. The topological polar surface area (TPSA) is 151 Å². The number of pyridine rings is 1. The molecule has 0 saturated heterocycles. The molecule has 2 aromatic heterocycles. The molecule has 27 heavy (non-hydrogen) atoms. The van der Waals surface area contributed by atoms with Crippen LogP contribution in [0.3, 0.4) is 0 Å². The summed E-state index contributed by atoms with van der Waals surface area (Å²) in [6.45, 7) is 0. The molecule has 4 N–H and O–H groups in total. The van der Waals surface area contributed by atoms with E-state index in [4.69, 9.17) is 27.5 Å². The largest absolute Gasteiger partial charge is 0.439 e. The summed E-state index contributed by atoms with van der Waals surface area (Å²) in [5.41, 5.74) is 5.85. The highest BCUT2D eigenvalue weighted by Gasteiger charge is 2.18. The summed E-state index contributed by atoms with van der Waals surface area (Å²) in [5, 5.41) is 19.0. The number of hydrogen-bond acceptors (Lipinski definition) is 6. The number of fused-ring (bicyclic) bond motifs is 1. The van der Waals surface area contributed by atoms with Gasteiger partial charge in [0.05, 0.1) is 21.5 Å². The van der Waals surface area contributed by atoms with Crippen LogP contribution in [0.5, 0.6) is 11.6 Å². The first kappa shape index (κ1) is 18.1. The zero-order valence-corrected chi connectivity index (χ0v) is 14.6. The molecular weight excluding hydrogens is 376 g/mol. The minimum absolute atomic E-state index is 0.0267. The van der Waals surface area contributed by atoms with Crippen molar-refractivity contribution in [1.29, 1.82) is 5.41 Å². The number of carbonyl (C=O) groups excluding carboxylic acids is 1. The van der Waals surface area contributed by atoms with Crippen LogP contribution in [-0.2, 0) is 0 Å². The van der Waals surface area contributed by atoms with Crippen LogP contribution in [0.1, 0.15) is 10.5 Å². The highest BCUT2D eigenvalue weighted by atomic mass is 35.5. The summed E-state index contributed by atoms with van der Waals surface area (Å²) in [6, 6.07) is 7.04. The van der Waals surface area contributed by atoms with E-state index in [1.807, 2.05) is 0 Å². The van der Waals surface area contributed by atoms with Gasteiger partial charge in [0.25, 0.3) is 11.6 Å². The highest BCUT2D eigenvalue weighted by molar-refractivity contribution is 6.35. The van der Waals surface area contributed by atoms with Crippen molar-refractivity contribution in [3.8, 4) is 11.6 Å². The van der Waals surface area contributed by atoms with E-state index in [0.29, 0.717) is 15.9 Å². The predicted octanol–water partition coefficient (Wildman–Crippen LogP) is 2.88. The number of nitrogens with zero attached hydrogens (tertiary/aromatic N) is 3. The molecule has 0 bridgehead atoms. The van der Waals surface area contributed by atoms with Crippen molar-refractivity contribution in [2.24, 2.45) is 5.73 Å². The van der Waals surface area contributed by atoms with Gasteiger partial charge in [0.2, 0.25) is 5.88 Å². The highest BCUT2D eigenvalue weighted by Crippen LogP contribution is 2.32. The second-order valence-electron chi connectivity index (χ2n) is 5.51. The molecule has 10 nitrogen and oxygen atoms in total. The maximum absolute atomic E-state index is 12.3. The number of guanidine groups is 1. The Balaban J connectivity index is 1.95. The number of nitrogens with one attached hydrogen (secondary N) is 2. The molecule has 0 aliphatic rings. The zero-order valence-electron chi connectivity index (χ0n) is 13.9. The van der Waals surface area contributed by atoms with Gasteiger partial charge in [-0.25, -0.2) is 4.98 Å². The summed E-state index contributed by atoms with van der Waals surface area (Å²) in [5.74, 6) is -0.594. The smallest absolute Gasteiger partial charge is 0.276 e. The van der Waals surface area contributed by atoms with Crippen LogP contribution >= 0.6 is 11.6 Å². The molecule has 1 amide bonds. The van der Waals surface area contributed by atoms with Crippen molar-refractivity contribution < 1.29 is 14.5 Å². The second-order valence-corrected chi connectivity index (χ2v) is 5.92. The van der Waals surface area contributed by atoms with Crippen LogP contribution < -0.4 is 10.5 Å². The lowest BCUT2D eigenvalue weighted by molar-refractivity contribution is -0.385. The number of carbonyl (C=O) groups is 1. The van der Waals surface area contributed by atoms with Gasteiger partial charge in [0, 0.05) is 36.8 Å². The Bertz CT molecular complexity index is 1080. The van der Waals surface area contributed by atoms with E-state index in [-0.39, 0.29) is 23.0 Å². The molecule has 2 heterocycles. The van der Waals surface area contributed by atoms with Gasteiger partial charge < -0.3 is 15.5 Å². The molecule has 0 unspecified atom stereocenters. The van der Waals surface area contributed by atoms with Crippen molar-refractivity contribution in [1.82, 2.24) is 14.9 Å². The molecule has 1 aromatic carbocycles. The summed E-state index contributed by atoms with van der Waals surface area (Å²) in [7, 11) is 1.38. The Morgan fingerprint density at radius 1 is 1.41 bits per heavy atom. The number of amides is 1. The average molecular weight is 389 g/mol. The van der Waals surface area contributed by atoms with E-state index in [2.05, 4.69) is 9.97 Å². The van der Waals surface area contributed by atoms with Crippen molar-refractivity contribution in [2.75, 3.05) is 7.05 Å². The number of halogens is 1. The summed E-state index contributed by atoms with van der Waals surface area (Å²) < 4.78 is 5.54. The van der Waals surface area contributed by atoms with Gasteiger partial charge in [-0.05, 0) is 6.07 Å². The van der Waals surface area contributed by atoms with Gasteiger partial charge in [-0.15, -0.1) is 0 Å². The molecule has 0 aliphatic heterocycles. The van der Waals surface area contributed by atoms with Gasteiger partial charge in [-0.3, -0.25) is 25.2 Å². The number of aromatic amines is 1. The maximum Gasteiger partial charge on any atom is 0.276 e. The number of rotatable bonds is 4. The minimum Gasteiger partial charge on any atom is -0.439 e. The fourth-order valence-electron chi connectivity index (χ4n) is 2.32. The van der Waals surface area contributed by atoms with Crippen LogP contribution in [0.2, 0.25) is 5.02 Å². The molecule has 0 fully saturated rings. The van der Waals surface area contributed by atoms with Crippen molar-refractivity contribution >= 4 is 40.1 Å². The molecular formula is C16H13ClN6O4. The number of benzene rings is 1. The molecule has 11 heteroatoms. The lowest BCUT2D eigenvalue weighted by Crippen LogP contribution is -2.38. The molecule has 0 spiro atoms. The van der Waals surface area contributed by atoms with Crippen LogP contribution in [-0.4, -0.2) is 38.7 Å². The zero-order chi connectivity index (χ0) is 19.7. The lowest BCUT2D eigenvalue weighted by atomic mass is 10.2. The summed E-state index contributed by atoms with van der Waals surface area (Å²) in [6.07, 6.45) is 1.26. The maximum atomic E-state index is 12.3. The van der Waals surface area contributed by atoms with Crippen molar-refractivity contribution in [2.45, 2.75) is 0 Å². The molecule has 138 valence electrons. The Kier molecular flexibility index (Phi) is 4.65. The second kappa shape index (κ2) is 6.92. The van der Waals surface area contributed by atoms with Gasteiger partial charge in [0.15, 0.2) is 5.96 Å². The minimum atomic E-state index is -0.556. The third-order valence-electron chi connectivity index (χ3n) is 3.71. The van der Waals surface area contributed by atoms with Crippen LogP contribution in [0, 0.1) is 15.5 Å². The van der Waals surface area contributed by atoms with Crippen LogP contribution in [0.15, 0.2) is 36.5 Å². The third kappa shape index (κ3) is 3.65. The molecule has 3 rings (SSSR count). The lowest BCUT2D eigenvalue weighted by Gasteiger charge is -2.12. The first-order valence-electron chi connectivity index (χ1n) is 7.49. The van der Waals surface area contributed by atoms with Gasteiger partial charge >= 0.3 is 0 Å². The van der Waals surface area contributed by atoms with Gasteiger partial charge in [0.1, 0.15) is 11.4 Å². The van der Waals surface area contributed by atoms with E-state index in [1.165, 1.54) is 37.5 Å². The average Bonchev–Trinajstić information content (AvgIpc) is 3.05. The fourth-order valence-corrected chi connectivity index (χ4v) is 2.59. The molecule has 0 aliphatic carbocycles. The quantitative estimate of drug-likeness (QED) is 0.270. The Morgan fingerprint density at radius 2 is 2.15 bits per heavy atom. The first-order chi connectivity index (χ1) is 12.8. The van der Waals surface area contributed by atoms with E-state index >= 15 is 0 Å². The van der Waals surface area contributed by atoms with Crippen LogP contribution in [0.4, 0.5) is 5.69 Å². The standard InChI is InChI=1S/C16H13ClN6O4/c1-22(16(18)19)15(24)13-7-10-11(17)5-9(6-12(10)21-13)27-14-4-8(23(25)26)2-3-20-14/h2-7,21H,1H3,(H3,18,19). The number of aromatic nitrogens is 2. The van der Waals surface area contributed by atoms with Gasteiger partial charge in [-0.1, -0.05) is 11.6 Å². The normalized spacial score (nSPS) is 10.6. The Labute approximate surface area is 157 Å². The van der Waals surface area contributed by atoms with E-state index < -0.39 is 16.8 Å². The number of nitro groups is 1. The molecule has 0 saturated carbocycles. The van der Waals surface area contributed by atoms with E-state index in [0.717, 1.165) is 4.90 Å². The van der Waals surface area contributed by atoms with Crippen molar-refractivity contribution in [3.05, 3.63) is 57.4 Å². The number of hydrogen-bond donors (Lipinski definition) is 3. The van der Waals surface area contributed by atoms with Crippen molar-refractivity contribution in [3.63, 3.8) is 0 Å². The van der Waals surface area contributed by atoms with E-state index in [1.54, 1.807) is 6.07 Å². The number of ether oxygens (including phenoxy) is 1. The van der Waals surface area contributed by atoms with Crippen LogP contribution in [0.25, 0.3) is 10.9 Å². The molecule has 3 aromatic rings. The Morgan fingerprint density at radius 3 is 2.81 bits per heavy atom. The SMILES string of the molecule is CN(C(=N)N)C(=O)c1cc2c(Cl)cc(Oc3cc([N+](=O)[O-])ccn3)cc2[nH]1. The predicted molar refractivity (Wildman–Crippen MR) is 98.3 cm³/mol. The number of H-pyrrole nitrogens is 1. The summed E-state index contributed by atoms with van der Waals surface area (Å²) in [4.78, 5) is 30.3. The first-order valence-corrected chi connectivity index (χ1v) is 7.86. The number of nitrogens with two attached hydrogens (primary N) is 1.